The van der Waals surface area contributed by atoms with Crippen molar-refractivity contribution < 1.29 is 18.0 Å². The molecule has 1 N–H and O–H groups in total. The van der Waals surface area contributed by atoms with E-state index in [-0.39, 0.29) is 13.1 Å². The number of carbonyl (C=O) groups is 1. The molecule has 4 rings (SSSR count). The predicted molar refractivity (Wildman–Crippen MR) is 118 cm³/mol. The standard InChI is InChI=1S/C12H11BrF3NO.C10H12BrN/c1-7-4-9(13)5-8-6-17(3-2-10(7)8)11(18)12(14,15)16;1-7-4-9(11)5-8-6-12-3-2-10(7)8/h4-5H,2-3,6H2,1H3;4-5,12H,2-3,6H2,1H3. The van der Waals surface area contributed by atoms with Crippen LogP contribution in [0.3, 0.4) is 0 Å². The third-order valence-corrected chi connectivity index (χ3v) is 6.37. The lowest BCUT2D eigenvalue weighted by Crippen LogP contribution is -2.43. The summed E-state index contributed by atoms with van der Waals surface area (Å²) >= 11 is 6.83. The maximum Gasteiger partial charge on any atom is 0.471 e. The summed E-state index contributed by atoms with van der Waals surface area (Å²) in [5.74, 6) is -1.76. The van der Waals surface area contributed by atoms with Gasteiger partial charge in [0.1, 0.15) is 0 Å². The Morgan fingerprint density at radius 1 is 0.967 bits per heavy atom. The van der Waals surface area contributed by atoms with Gasteiger partial charge in [-0.25, -0.2) is 0 Å². The van der Waals surface area contributed by atoms with E-state index in [1.165, 1.54) is 27.6 Å². The number of halogens is 5. The van der Waals surface area contributed by atoms with Gasteiger partial charge in [0, 0.05) is 28.6 Å². The number of amides is 1. The van der Waals surface area contributed by atoms with Crippen molar-refractivity contribution in [2.45, 2.75) is 46.0 Å². The van der Waals surface area contributed by atoms with Crippen LogP contribution in [0, 0.1) is 13.8 Å². The molecule has 0 aliphatic carbocycles. The Kier molecular flexibility index (Phi) is 7.30. The lowest BCUT2D eigenvalue weighted by molar-refractivity contribution is -0.186. The molecular weight excluding hydrogens is 525 g/mol. The lowest BCUT2D eigenvalue weighted by atomic mass is 9.95. The molecule has 2 aromatic rings. The average molecular weight is 548 g/mol. The molecule has 0 saturated carbocycles. The molecule has 1 amide bonds. The summed E-state index contributed by atoms with van der Waals surface area (Å²) in [4.78, 5) is 12.0. The molecule has 2 heterocycles. The molecule has 0 unspecified atom stereocenters. The maximum absolute atomic E-state index is 12.4. The van der Waals surface area contributed by atoms with Crippen molar-refractivity contribution in [1.82, 2.24) is 10.2 Å². The Bertz CT molecular complexity index is 960. The molecule has 30 heavy (non-hydrogen) atoms. The van der Waals surface area contributed by atoms with Gasteiger partial charge >= 0.3 is 12.1 Å². The molecule has 162 valence electrons. The highest BCUT2D eigenvalue weighted by molar-refractivity contribution is 9.10. The monoisotopic (exact) mass is 546 g/mol. The minimum atomic E-state index is -4.79. The fourth-order valence-corrected chi connectivity index (χ4v) is 5.26. The van der Waals surface area contributed by atoms with Gasteiger partial charge in [0.25, 0.3) is 0 Å². The molecule has 0 atom stereocenters. The minimum absolute atomic E-state index is 0.0218. The number of fused-ring (bicyclic) bond motifs is 2. The Hall–Kier alpha value is -1.38. The SMILES string of the molecule is Cc1cc(Br)cc2c1CCN(C(=O)C(F)(F)F)C2.Cc1cc(Br)cc2c1CCNC2. The number of benzene rings is 2. The lowest BCUT2D eigenvalue weighted by Gasteiger charge is -2.30. The van der Waals surface area contributed by atoms with Gasteiger partial charge in [-0.3, -0.25) is 4.79 Å². The van der Waals surface area contributed by atoms with Gasteiger partial charge in [-0.15, -0.1) is 0 Å². The molecule has 0 fully saturated rings. The zero-order valence-corrected chi connectivity index (χ0v) is 20.0. The highest BCUT2D eigenvalue weighted by Gasteiger charge is 2.43. The second-order valence-electron chi connectivity index (χ2n) is 7.62. The molecule has 0 saturated heterocycles. The van der Waals surface area contributed by atoms with Crippen LogP contribution in [0.5, 0.6) is 0 Å². The number of aryl methyl sites for hydroxylation is 2. The Labute approximate surface area is 191 Å². The summed E-state index contributed by atoms with van der Waals surface area (Å²) in [5.41, 5.74) is 7.28. The van der Waals surface area contributed by atoms with Crippen molar-refractivity contribution in [1.29, 1.82) is 0 Å². The van der Waals surface area contributed by atoms with E-state index in [4.69, 9.17) is 0 Å². The molecule has 3 nitrogen and oxygen atoms in total. The van der Waals surface area contributed by atoms with E-state index >= 15 is 0 Å². The van der Waals surface area contributed by atoms with Crippen LogP contribution in [-0.2, 0) is 30.7 Å². The summed E-state index contributed by atoms with van der Waals surface area (Å²) in [6.07, 6.45) is -3.15. The van der Waals surface area contributed by atoms with Crippen LogP contribution in [0.4, 0.5) is 13.2 Å². The molecule has 0 spiro atoms. The minimum Gasteiger partial charge on any atom is -0.330 e. The molecule has 2 aliphatic heterocycles. The van der Waals surface area contributed by atoms with Crippen LogP contribution >= 0.6 is 31.9 Å². The summed E-state index contributed by atoms with van der Waals surface area (Å²) in [6.45, 7) is 6.40. The van der Waals surface area contributed by atoms with Gasteiger partial charge in [-0.05, 0) is 90.9 Å². The van der Waals surface area contributed by atoms with E-state index in [0.29, 0.717) is 6.42 Å². The second kappa shape index (κ2) is 9.40. The summed E-state index contributed by atoms with van der Waals surface area (Å²) in [6, 6.07) is 8.12. The molecule has 0 bridgehead atoms. The Morgan fingerprint density at radius 3 is 2.13 bits per heavy atom. The van der Waals surface area contributed by atoms with Crippen LogP contribution in [-0.4, -0.2) is 30.1 Å². The number of nitrogens with zero attached hydrogens (tertiary/aromatic N) is 1. The quantitative estimate of drug-likeness (QED) is 0.465. The van der Waals surface area contributed by atoms with Crippen LogP contribution in [0.15, 0.2) is 33.2 Å². The van der Waals surface area contributed by atoms with Crippen LogP contribution in [0.1, 0.15) is 33.4 Å². The van der Waals surface area contributed by atoms with Crippen LogP contribution in [0.25, 0.3) is 0 Å². The summed E-state index contributed by atoms with van der Waals surface area (Å²) in [5, 5.41) is 3.37. The highest BCUT2D eigenvalue weighted by atomic mass is 79.9. The number of nitrogens with one attached hydrogen (secondary N) is 1. The number of alkyl halides is 3. The first-order chi connectivity index (χ1) is 14.1. The van der Waals surface area contributed by atoms with Gasteiger partial charge in [0.05, 0.1) is 0 Å². The molecule has 0 aromatic heterocycles. The maximum atomic E-state index is 12.4. The predicted octanol–water partition coefficient (Wildman–Crippen LogP) is 5.61. The van der Waals surface area contributed by atoms with Crippen molar-refractivity contribution in [3.63, 3.8) is 0 Å². The molecule has 0 radical (unpaired) electrons. The fraction of sp³-hybridized carbons (Fsp3) is 0.409. The van der Waals surface area contributed by atoms with Gasteiger partial charge in [0.15, 0.2) is 0 Å². The average Bonchev–Trinajstić information content (AvgIpc) is 2.66. The Morgan fingerprint density at radius 2 is 1.53 bits per heavy atom. The van der Waals surface area contributed by atoms with E-state index in [9.17, 15) is 18.0 Å². The first kappa shape index (κ1) is 23.3. The number of hydrogen-bond acceptors (Lipinski definition) is 2. The van der Waals surface area contributed by atoms with Gasteiger partial charge in [-0.1, -0.05) is 31.9 Å². The van der Waals surface area contributed by atoms with Gasteiger partial charge in [0.2, 0.25) is 0 Å². The topological polar surface area (TPSA) is 32.3 Å². The van der Waals surface area contributed by atoms with Crippen molar-refractivity contribution in [3.05, 3.63) is 66.6 Å². The number of rotatable bonds is 0. The summed E-state index contributed by atoms with van der Waals surface area (Å²) in [7, 11) is 0. The first-order valence-corrected chi connectivity index (χ1v) is 11.3. The molecule has 8 heteroatoms. The van der Waals surface area contributed by atoms with Crippen molar-refractivity contribution in [3.8, 4) is 0 Å². The zero-order chi connectivity index (χ0) is 22.1. The van der Waals surface area contributed by atoms with E-state index in [0.717, 1.165) is 39.2 Å². The van der Waals surface area contributed by atoms with Crippen LogP contribution < -0.4 is 5.32 Å². The Balaban J connectivity index is 0.000000184. The largest absolute Gasteiger partial charge is 0.471 e. The highest BCUT2D eigenvalue weighted by Crippen LogP contribution is 2.29. The van der Waals surface area contributed by atoms with Crippen molar-refractivity contribution in [2.24, 2.45) is 0 Å². The van der Waals surface area contributed by atoms with E-state index in [1.807, 2.05) is 13.0 Å². The van der Waals surface area contributed by atoms with Crippen LogP contribution in [0.2, 0.25) is 0 Å². The van der Waals surface area contributed by atoms with Crippen molar-refractivity contribution >= 4 is 37.8 Å². The third kappa shape index (κ3) is 5.45. The second-order valence-corrected chi connectivity index (χ2v) is 9.45. The normalized spacial score (nSPS) is 15.6. The first-order valence-electron chi connectivity index (χ1n) is 9.69. The van der Waals surface area contributed by atoms with Crippen molar-refractivity contribution in [2.75, 3.05) is 13.1 Å². The zero-order valence-electron chi connectivity index (χ0n) is 16.8. The molecule has 2 aromatic carbocycles. The van der Waals surface area contributed by atoms with E-state index in [2.05, 4.69) is 56.2 Å². The van der Waals surface area contributed by atoms with Gasteiger partial charge < -0.3 is 10.2 Å². The smallest absolute Gasteiger partial charge is 0.330 e. The third-order valence-electron chi connectivity index (χ3n) is 5.45. The molecular formula is C22H23Br2F3N2O. The fourth-order valence-electron chi connectivity index (χ4n) is 4.02. The van der Waals surface area contributed by atoms with E-state index < -0.39 is 12.1 Å². The van der Waals surface area contributed by atoms with Gasteiger partial charge in [-0.2, -0.15) is 13.2 Å². The number of carbonyl (C=O) groups excluding carboxylic acids is 1. The number of hydrogen-bond donors (Lipinski definition) is 1. The summed E-state index contributed by atoms with van der Waals surface area (Å²) < 4.78 is 39.1. The van der Waals surface area contributed by atoms with E-state index in [1.54, 1.807) is 6.07 Å². The molecule has 2 aliphatic rings.